The molecule has 0 heterocycles. The standard InChI is InChI=1S/C10H12N2O2S/c1-8-6-10(5-4-9(8)7-11)15(13,14)12(2)3/h4-6H,1-3H3. The third-order valence-electron chi connectivity index (χ3n) is 2.10. The number of nitrogens with zero attached hydrogens (tertiary/aromatic N) is 2. The van der Waals surface area contributed by atoms with Crippen molar-refractivity contribution in [2.75, 3.05) is 14.1 Å². The van der Waals surface area contributed by atoms with Gasteiger partial charge >= 0.3 is 0 Å². The smallest absolute Gasteiger partial charge is 0.207 e. The predicted molar refractivity (Wildman–Crippen MR) is 56.8 cm³/mol. The fraction of sp³-hybridized carbons (Fsp3) is 0.300. The highest BCUT2D eigenvalue weighted by atomic mass is 32.2. The third-order valence-corrected chi connectivity index (χ3v) is 3.91. The molecule has 0 bridgehead atoms. The highest BCUT2D eigenvalue weighted by Gasteiger charge is 2.17. The summed E-state index contributed by atoms with van der Waals surface area (Å²) in [6.07, 6.45) is 0. The van der Waals surface area contributed by atoms with Gasteiger partial charge in [0.1, 0.15) is 0 Å². The van der Waals surface area contributed by atoms with E-state index in [-0.39, 0.29) is 4.90 Å². The summed E-state index contributed by atoms with van der Waals surface area (Å²) in [6.45, 7) is 1.72. The molecule has 0 aliphatic heterocycles. The third kappa shape index (κ3) is 2.17. The largest absolute Gasteiger partial charge is 0.242 e. The zero-order chi connectivity index (χ0) is 11.6. The lowest BCUT2D eigenvalue weighted by Crippen LogP contribution is -2.22. The van der Waals surface area contributed by atoms with Gasteiger partial charge in [0.2, 0.25) is 10.0 Å². The fourth-order valence-electron chi connectivity index (χ4n) is 1.13. The normalized spacial score (nSPS) is 11.4. The Labute approximate surface area is 89.8 Å². The molecule has 80 valence electrons. The summed E-state index contributed by atoms with van der Waals surface area (Å²) in [7, 11) is -0.450. The average molecular weight is 224 g/mol. The Morgan fingerprint density at radius 1 is 1.33 bits per heavy atom. The second-order valence-corrected chi connectivity index (χ2v) is 5.53. The second kappa shape index (κ2) is 4.01. The summed E-state index contributed by atoms with van der Waals surface area (Å²) < 4.78 is 24.6. The minimum Gasteiger partial charge on any atom is -0.207 e. The fourth-order valence-corrected chi connectivity index (χ4v) is 2.12. The molecule has 0 atom stereocenters. The SMILES string of the molecule is Cc1cc(S(=O)(=O)N(C)C)ccc1C#N. The lowest BCUT2D eigenvalue weighted by atomic mass is 10.1. The minimum atomic E-state index is -3.40. The van der Waals surface area contributed by atoms with Crippen molar-refractivity contribution in [2.45, 2.75) is 11.8 Å². The van der Waals surface area contributed by atoms with E-state index in [0.29, 0.717) is 11.1 Å². The summed E-state index contributed by atoms with van der Waals surface area (Å²) in [5, 5.41) is 8.71. The van der Waals surface area contributed by atoms with Crippen LogP contribution in [0.1, 0.15) is 11.1 Å². The monoisotopic (exact) mass is 224 g/mol. The molecule has 0 radical (unpaired) electrons. The van der Waals surface area contributed by atoms with Crippen LogP contribution in [0.5, 0.6) is 0 Å². The van der Waals surface area contributed by atoms with Crippen LogP contribution in [0.4, 0.5) is 0 Å². The van der Waals surface area contributed by atoms with Gasteiger partial charge in [-0.25, -0.2) is 12.7 Å². The Bertz CT molecular complexity index is 513. The topological polar surface area (TPSA) is 61.2 Å². The molecule has 0 aliphatic rings. The van der Waals surface area contributed by atoms with Gasteiger partial charge in [-0.3, -0.25) is 0 Å². The molecule has 0 N–H and O–H groups in total. The number of hydrogen-bond donors (Lipinski definition) is 0. The van der Waals surface area contributed by atoms with Gasteiger partial charge in [-0.1, -0.05) is 0 Å². The molecular formula is C10H12N2O2S. The van der Waals surface area contributed by atoms with Crippen molar-refractivity contribution < 1.29 is 8.42 Å². The Morgan fingerprint density at radius 3 is 2.33 bits per heavy atom. The van der Waals surface area contributed by atoms with Crippen LogP contribution in [0.15, 0.2) is 23.1 Å². The van der Waals surface area contributed by atoms with Crippen LogP contribution < -0.4 is 0 Å². The maximum atomic E-state index is 11.7. The molecule has 0 aliphatic carbocycles. The van der Waals surface area contributed by atoms with E-state index in [2.05, 4.69) is 0 Å². The first-order valence-corrected chi connectivity index (χ1v) is 5.77. The predicted octanol–water partition coefficient (Wildman–Crippen LogP) is 1.12. The van der Waals surface area contributed by atoms with Crippen LogP contribution in [0.3, 0.4) is 0 Å². The van der Waals surface area contributed by atoms with Gasteiger partial charge in [-0.05, 0) is 30.7 Å². The van der Waals surface area contributed by atoms with Gasteiger partial charge in [0.05, 0.1) is 16.5 Å². The Kier molecular flexibility index (Phi) is 3.12. The molecule has 0 fully saturated rings. The number of rotatable bonds is 2. The molecule has 0 spiro atoms. The van der Waals surface area contributed by atoms with Crippen molar-refractivity contribution in [3.8, 4) is 6.07 Å². The molecule has 0 saturated carbocycles. The first-order valence-electron chi connectivity index (χ1n) is 4.33. The van der Waals surface area contributed by atoms with Crippen LogP contribution in [-0.4, -0.2) is 26.8 Å². The van der Waals surface area contributed by atoms with Crippen molar-refractivity contribution in [3.05, 3.63) is 29.3 Å². The van der Waals surface area contributed by atoms with Crippen LogP contribution in [0.25, 0.3) is 0 Å². The summed E-state index contributed by atoms with van der Waals surface area (Å²) in [6, 6.07) is 6.47. The van der Waals surface area contributed by atoms with Crippen LogP contribution in [0, 0.1) is 18.3 Å². The second-order valence-electron chi connectivity index (χ2n) is 3.38. The van der Waals surface area contributed by atoms with Crippen molar-refractivity contribution in [1.82, 2.24) is 4.31 Å². The molecule has 1 aromatic carbocycles. The number of benzene rings is 1. The van der Waals surface area contributed by atoms with E-state index >= 15 is 0 Å². The van der Waals surface area contributed by atoms with E-state index in [0.717, 1.165) is 4.31 Å². The highest BCUT2D eigenvalue weighted by molar-refractivity contribution is 7.89. The molecule has 15 heavy (non-hydrogen) atoms. The highest BCUT2D eigenvalue weighted by Crippen LogP contribution is 2.17. The Balaban J connectivity index is 3.33. The lowest BCUT2D eigenvalue weighted by Gasteiger charge is -2.11. The summed E-state index contributed by atoms with van der Waals surface area (Å²) in [4.78, 5) is 0.212. The molecule has 1 aromatic rings. The van der Waals surface area contributed by atoms with Crippen LogP contribution >= 0.6 is 0 Å². The van der Waals surface area contributed by atoms with E-state index in [4.69, 9.17) is 5.26 Å². The molecule has 4 nitrogen and oxygen atoms in total. The van der Waals surface area contributed by atoms with Gasteiger partial charge in [-0.2, -0.15) is 5.26 Å². The van der Waals surface area contributed by atoms with E-state index in [1.807, 2.05) is 6.07 Å². The average Bonchev–Trinajstić information content (AvgIpc) is 2.17. The van der Waals surface area contributed by atoms with Crippen LogP contribution in [-0.2, 0) is 10.0 Å². The number of nitriles is 1. The summed E-state index contributed by atoms with van der Waals surface area (Å²) in [5.74, 6) is 0. The van der Waals surface area contributed by atoms with Crippen molar-refractivity contribution in [3.63, 3.8) is 0 Å². The van der Waals surface area contributed by atoms with E-state index in [1.165, 1.54) is 32.3 Å². The molecule has 5 heteroatoms. The zero-order valence-electron chi connectivity index (χ0n) is 8.85. The lowest BCUT2D eigenvalue weighted by molar-refractivity contribution is 0.520. The molecule has 1 rings (SSSR count). The van der Waals surface area contributed by atoms with E-state index in [9.17, 15) is 8.42 Å². The Morgan fingerprint density at radius 2 is 1.93 bits per heavy atom. The van der Waals surface area contributed by atoms with Gasteiger partial charge < -0.3 is 0 Å². The molecular weight excluding hydrogens is 212 g/mol. The van der Waals surface area contributed by atoms with Gasteiger partial charge in [0.25, 0.3) is 0 Å². The minimum absolute atomic E-state index is 0.212. The van der Waals surface area contributed by atoms with Gasteiger partial charge in [0, 0.05) is 14.1 Å². The maximum Gasteiger partial charge on any atom is 0.242 e. The van der Waals surface area contributed by atoms with Crippen molar-refractivity contribution in [1.29, 1.82) is 5.26 Å². The Hall–Kier alpha value is -1.38. The molecule has 0 unspecified atom stereocenters. The van der Waals surface area contributed by atoms with Gasteiger partial charge in [-0.15, -0.1) is 0 Å². The van der Waals surface area contributed by atoms with Crippen LogP contribution in [0.2, 0.25) is 0 Å². The number of hydrogen-bond acceptors (Lipinski definition) is 3. The van der Waals surface area contributed by atoms with Gasteiger partial charge in [0.15, 0.2) is 0 Å². The first kappa shape index (κ1) is 11.7. The molecule has 0 aromatic heterocycles. The summed E-state index contributed by atoms with van der Waals surface area (Å²) in [5.41, 5.74) is 1.16. The van der Waals surface area contributed by atoms with Crippen molar-refractivity contribution in [2.24, 2.45) is 0 Å². The quantitative estimate of drug-likeness (QED) is 0.756. The molecule has 0 saturated heterocycles. The van der Waals surface area contributed by atoms with E-state index < -0.39 is 10.0 Å². The maximum absolute atomic E-state index is 11.7. The van der Waals surface area contributed by atoms with Crippen molar-refractivity contribution >= 4 is 10.0 Å². The molecule has 0 amide bonds. The van der Waals surface area contributed by atoms with E-state index in [1.54, 1.807) is 6.92 Å². The summed E-state index contributed by atoms with van der Waals surface area (Å²) >= 11 is 0. The zero-order valence-corrected chi connectivity index (χ0v) is 9.67. The first-order chi connectivity index (χ1) is 6.89. The number of aryl methyl sites for hydroxylation is 1. The number of sulfonamides is 1.